The van der Waals surface area contributed by atoms with Crippen molar-refractivity contribution in [1.29, 1.82) is 0 Å². The van der Waals surface area contributed by atoms with Crippen molar-refractivity contribution in [1.82, 2.24) is 10.4 Å². The monoisotopic (exact) mass is 302 g/mol. The number of nitrogens with zero attached hydrogens (tertiary/aromatic N) is 1. The quantitative estimate of drug-likeness (QED) is 0.645. The van der Waals surface area contributed by atoms with Gasteiger partial charge < -0.3 is 0 Å². The highest BCUT2D eigenvalue weighted by atomic mass is 19.4. The molecule has 1 aromatic rings. The van der Waals surface area contributed by atoms with Gasteiger partial charge in [-0.3, -0.25) is 9.74 Å². The summed E-state index contributed by atoms with van der Waals surface area (Å²) in [7, 11) is 0. The van der Waals surface area contributed by atoms with Gasteiger partial charge >= 0.3 is 6.18 Å². The smallest absolute Gasteiger partial charge is 0.297 e. The van der Waals surface area contributed by atoms with Crippen molar-refractivity contribution in [2.75, 3.05) is 19.6 Å². The maximum absolute atomic E-state index is 12.5. The highest BCUT2D eigenvalue weighted by Gasteiger charge is 2.34. The molecule has 0 amide bonds. The maximum Gasteiger partial charge on any atom is 0.401 e. The fourth-order valence-electron chi connectivity index (χ4n) is 2.59. The molecule has 1 aromatic carbocycles. The number of alkyl halides is 3. The molecule has 1 heterocycles. The fraction of sp³-hybridized carbons (Fsp3) is 0.600. The summed E-state index contributed by atoms with van der Waals surface area (Å²) < 4.78 is 37.6. The first-order chi connectivity index (χ1) is 10.0. The zero-order chi connectivity index (χ0) is 15.1. The van der Waals surface area contributed by atoms with Gasteiger partial charge in [0.2, 0.25) is 0 Å². The molecule has 3 nitrogen and oxygen atoms in total. The van der Waals surface area contributed by atoms with Crippen LogP contribution in [0.5, 0.6) is 0 Å². The van der Waals surface area contributed by atoms with Crippen molar-refractivity contribution in [2.45, 2.75) is 38.1 Å². The third-order valence-corrected chi connectivity index (χ3v) is 3.63. The lowest BCUT2D eigenvalue weighted by molar-refractivity contribution is -0.154. The van der Waals surface area contributed by atoms with E-state index in [4.69, 9.17) is 4.84 Å². The van der Waals surface area contributed by atoms with Crippen LogP contribution in [-0.2, 0) is 11.4 Å². The predicted octanol–water partition coefficient (Wildman–Crippen LogP) is 3.12. The van der Waals surface area contributed by atoms with Crippen molar-refractivity contribution >= 4 is 0 Å². The molecule has 118 valence electrons. The Labute approximate surface area is 123 Å². The van der Waals surface area contributed by atoms with Gasteiger partial charge in [-0.15, -0.1) is 0 Å². The number of likely N-dealkylation sites (tertiary alicyclic amines) is 1. The molecule has 1 fully saturated rings. The van der Waals surface area contributed by atoms with E-state index in [-0.39, 0.29) is 6.04 Å². The lowest BCUT2D eigenvalue weighted by atomic mass is 10.0. The predicted molar refractivity (Wildman–Crippen MR) is 74.5 cm³/mol. The Balaban J connectivity index is 1.72. The molecule has 1 aliphatic heterocycles. The fourth-order valence-corrected chi connectivity index (χ4v) is 2.59. The first-order valence-corrected chi connectivity index (χ1v) is 7.24. The number of hydroxylamine groups is 1. The number of hydrogen-bond acceptors (Lipinski definition) is 3. The minimum atomic E-state index is -4.14. The standard InChI is InChI=1S/C15H21F3N2O/c16-15(17,18)12-20-9-5-4-8-14(20)10-19-21-11-13-6-2-1-3-7-13/h1-3,6-7,14,19H,4-5,8-12H2. The van der Waals surface area contributed by atoms with E-state index in [2.05, 4.69) is 5.48 Å². The second kappa shape index (κ2) is 7.77. The van der Waals surface area contributed by atoms with Crippen molar-refractivity contribution in [2.24, 2.45) is 0 Å². The molecule has 1 N–H and O–H groups in total. The zero-order valence-corrected chi connectivity index (χ0v) is 11.9. The summed E-state index contributed by atoms with van der Waals surface area (Å²) in [5.74, 6) is 0. The van der Waals surface area contributed by atoms with E-state index in [0.29, 0.717) is 19.7 Å². The van der Waals surface area contributed by atoms with Crippen LogP contribution < -0.4 is 5.48 Å². The molecule has 0 aromatic heterocycles. The second-order valence-corrected chi connectivity index (χ2v) is 5.36. The van der Waals surface area contributed by atoms with E-state index in [1.54, 1.807) is 0 Å². The number of piperidine rings is 1. The molecule has 1 atom stereocenters. The van der Waals surface area contributed by atoms with E-state index in [1.165, 1.54) is 4.90 Å². The largest absolute Gasteiger partial charge is 0.401 e. The van der Waals surface area contributed by atoms with E-state index in [1.807, 2.05) is 30.3 Å². The molecule has 1 aliphatic rings. The molecular formula is C15H21F3N2O. The summed E-state index contributed by atoms with van der Waals surface area (Å²) in [5, 5.41) is 0. The van der Waals surface area contributed by atoms with Crippen LogP contribution in [0.15, 0.2) is 30.3 Å². The summed E-state index contributed by atoms with van der Waals surface area (Å²) >= 11 is 0. The molecule has 0 spiro atoms. The van der Waals surface area contributed by atoms with Crippen LogP contribution in [0.1, 0.15) is 24.8 Å². The molecule has 6 heteroatoms. The van der Waals surface area contributed by atoms with Gasteiger partial charge in [-0.25, -0.2) is 5.48 Å². The van der Waals surface area contributed by atoms with Crippen LogP contribution in [-0.4, -0.2) is 36.8 Å². The number of nitrogens with one attached hydrogen (secondary N) is 1. The Bertz CT molecular complexity index is 411. The molecule has 21 heavy (non-hydrogen) atoms. The van der Waals surface area contributed by atoms with Crippen molar-refractivity contribution < 1.29 is 18.0 Å². The number of rotatable bonds is 6. The van der Waals surface area contributed by atoms with Crippen LogP contribution in [0.25, 0.3) is 0 Å². The third-order valence-electron chi connectivity index (χ3n) is 3.63. The average molecular weight is 302 g/mol. The number of halogens is 3. The van der Waals surface area contributed by atoms with Gasteiger partial charge in [0.25, 0.3) is 0 Å². The molecule has 0 saturated carbocycles. The second-order valence-electron chi connectivity index (χ2n) is 5.36. The molecule has 1 unspecified atom stereocenters. The van der Waals surface area contributed by atoms with E-state index in [0.717, 1.165) is 24.8 Å². The lowest BCUT2D eigenvalue weighted by Crippen LogP contribution is -2.49. The van der Waals surface area contributed by atoms with Crippen molar-refractivity contribution in [3.63, 3.8) is 0 Å². The number of benzene rings is 1. The normalized spacial score (nSPS) is 20.6. The SMILES string of the molecule is FC(F)(F)CN1CCCCC1CNOCc1ccccc1. The van der Waals surface area contributed by atoms with Crippen LogP contribution in [0.3, 0.4) is 0 Å². The Kier molecular flexibility index (Phi) is 6.02. The summed E-state index contributed by atoms with van der Waals surface area (Å²) in [5.41, 5.74) is 3.84. The average Bonchev–Trinajstić information content (AvgIpc) is 2.45. The summed E-state index contributed by atoms with van der Waals surface area (Å²) in [6, 6.07) is 9.54. The molecular weight excluding hydrogens is 281 g/mol. The first-order valence-electron chi connectivity index (χ1n) is 7.24. The Hall–Kier alpha value is -1.11. The maximum atomic E-state index is 12.5. The third kappa shape index (κ3) is 6.03. The summed E-state index contributed by atoms with van der Waals surface area (Å²) in [4.78, 5) is 6.85. The molecule has 0 aliphatic carbocycles. The van der Waals surface area contributed by atoms with Crippen LogP contribution in [0.4, 0.5) is 13.2 Å². The number of hydrogen-bond donors (Lipinski definition) is 1. The summed E-state index contributed by atoms with van der Waals surface area (Å²) in [6.07, 6.45) is -1.56. The van der Waals surface area contributed by atoms with Gasteiger partial charge in [0.1, 0.15) is 0 Å². The van der Waals surface area contributed by atoms with Gasteiger partial charge in [-0.1, -0.05) is 36.8 Å². The molecule has 1 saturated heterocycles. The van der Waals surface area contributed by atoms with Crippen LogP contribution in [0.2, 0.25) is 0 Å². The summed E-state index contributed by atoms with van der Waals surface area (Å²) in [6.45, 7) is 0.498. The van der Waals surface area contributed by atoms with Gasteiger partial charge in [-0.05, 0) is 24.9 Å². The van der Waals surface area contributed by atoms with Gasteiger partial charge in [0, 0.05) is 12.6 Å². The van der Waals surface area contributed by atoms with E-state index in [9.17, 15) is 13.2 Å². The molecule has 0 bridgehead atoms. The van der Waals surface area contributed by atoms with Crippen molar-refractivity contribution in [3.05, 3.63) is 35.9 Å². The minimum Gasteiger partial charge on any atom is -0.297 e. The zero-order valence-electron chi connectivity index (χ0n) is 11.9. The Morgan fingerprint density at radius 3 is 2.67 bits per heavy atom. The first kappa shape index (κ1) is 16.3. The van der Waals surface area contributed by atoms with Gasteiger partial charge in [-0.2, -0.15) is 13.2 Å². The Morgan fingerprint density at radius 2 is 1.95 bits per heavy atom. The lowest BCUT2D eigenvalue weighted by Gasteiger charge is -2.36. The van der Waals surface area contributed by atoms with E-state index >= 15 is 0 Å². The molecule has 0 radical (unpaired) electrons. The molecule has 2 rings (SSSR count). The van der Waals surface area contributed by atoms with E-state index < -0.39 is 12.7 Å². The van der Waals surface area contributed by atoms with Gasteiger partial charge in [0.05, 0.1) is 13.2 Å². The van der Waals surface area contributed by atoms with Crippen LogP contribution in [0, 0.1) is 0 Å². The van der Waals surface area contributed by atoms with Crippen molar-refractivity contribution in [3.8, 4) is 0 Å². The Morgan fingerprint density at radius 1 is 1.19 bits per heavy atom. The highest BCUT2D eigenvalue weighted by molar-refractivity contribution is 5.13. The topological polar surface area (TPSA) is 24.5 Å². The minimum absolute atomic E-state index is 0.115. The highest BCUT2D eigenvalue weighted by Crippen LogP contribution is 2.23. The van der Waals surface area contributed by atoms with Crippen LogP contribution >= 0.6 is 0 Å². The van der Waals surface area contributed by atoms with Gasteiger partial charge in [0.15, 0.2) is 0 Å².